The Labute approximate surface area is 163 Å². The van der Waals surface area contributed by atoms with Gasteiger partial charge in [-0.2, -0.15) is 0 Å². The maximum atomic E-state index is 12.4. The third-order valence-electron chi connectivity index (χ3n) is 4.49. The summed E-state index contributed by atoms with van der Waals surface area (Å²) in [5.41, 5.74) is 2.47. The summed E-state index contributed by atoms with van der Waals surface area (Å²) in [7, 11) is 1.35. The summed E-state index contributed by atoms with van der Waals surface area (Å²) < 4.78 is 4.68. The minimum absolute atomic E-state index is 0.0104. The van der Waals surface area contributed by atoms with Crippen LogP contribution in [0.3, 0.4) is 0 Å². The molecular formula is C20H23N3O3S. The van der Waals surface area contributed by atoms with Gasteiger partial charge in [-0.25, -0.2) is 9.78 Å². The fourth-order valence-electron chi connectivity index (χ4n) is 2.96. The van der Waals surface area contributed by atoms with Gasteiger partial charge in [0.05, 0.1) is 23.4 Å². The molecule has 0 spiro atoms. The largest absolute Gasteiger partial charge is 0.465 e. The van der Waals surface area contributed by atoms with Crippen LogP contribution in [-0.2, 0) is 16.1 Å². The Morgan fingerprint density at radius 1 is 1.19 bits per heavy atom. The summed E-state index contributed by atoms with van der Waals surface area (Å²) in [6, 6.07) is 6.97. The highest BCUT2D eigenvalue weighted by Gasteiger charge is 2.20. The van der Waals surface area contributed by atoms with Gasteiger partial charge >= 0.3 is 5.97 Å². The molecule has 7 heteroatoms. The lowest BCUT2D eigenvalue weighted by molar-refractivity contribution is -0.127. The standard InChI is InChI=1S/C20H23N3O3S/c1-15-21-18(14-27-15)13-22-9-11-23(12-10-22)19(24)8-5-16-3-6-17(7-4-16)20(25)26-2/h3-8,14H,9-13H2,1-2H3/b8-5-. The van der Waals surface area contributed by atoms with Crippen molar-refractivity contribution in [2.24, 2.45) is 0 Å². The number of carbonyl (C=O) groups excluding carboxylic acids is 2. The van der Waals surface area contributed by atoms with E-state index in [1.54, 1.807) is 47.8 Å². The van der Waals surface area contributed by atoms with E-state index in [-0.39, 0.29) is 11.9 Å². The zero-order valence-electron chi connectivity index (χ0n) is 15.6. The minimum atomic E-state index is -0.368. The third-order valence-corrected chi connectivity index (χ3v) is 5.31. The molecule has 1 fully saturated rings. The van der Waals surface area contributed by atoms with Crippen molar-refractivity contribution in [1.82, 2.24) is 14.8 Å². The predicted octanol–water partition coefficient (Wildman–Crippen LogP) is 2.60. The lowest BCUT2D eigenvalue weighted by atomic mass is 10.1. The molecule has 27 heavy (non-hydrogen) atoms. The van der Waals surface area contributed by atoms with Crippen molar-refractivity contribution in [2.75, 3.05) is 33.3 Å². The Kier molecular flexibility index (Phi) is 6.36. The van der Waals surface area contributed by atoms with Gasteiger partial charge in [-0.3, -0.25) is 9.69 Å². The van der Waals surface area contributed by atoms with Gasteiger partial charge in [0.2, 0.25) is 5.91 Å². The summed E-state index contributed by atoms with van der Waals surface area (Å²) in [6.45, 7) is 5.99. The van der Waals surface area contributed by atoms with Gasteiger partial charge in [-0.15, -0.1) is 11.3 Å². The van der Waals surface area contributed by atoms with E-state index in [1.165, 1.54) is 7.11 Å². The van der Waals surface area contributed by atoms with Crippen LogP contribution in [-0.4, -0.2) is 59.9 Å². The quantitative estimate of drug-likeness (QED) is 0.585. The molecular weight excluding hydrogens is 362 g/mol. The topological polar surface area (TPSA) is 62.7 Å². The summed E-state index contributed by atoms with van der Waals surface area (Å²) in [5, 5.41) is 3.18. The van der Waals surface area contributed by atoms with Gasteiger partial charge in [0.25, 0.3) is 0 Å². The van der Waals surface area contributed by atoms with Gasteiger partial charge in [0.1, 0.15) is 0 Å². The number of piperazine rings is 1. The Balaban J connectivity index is 1.49. The van der Waals surface area contributed by atoms with Crippen LogP contribution in [0.2, 0.25) is 0 Å². The van der Waals surface area contributed by atoms with Crippen molar-refractivity contribution >= 4 is 29.3 Å². The maximum Gasteiger partial charge on any atom is 0.337 e. The second-order valence-corrected chi connectivity index (χ2v) is 7.47. The Morgan fingerprint density at radius 2 is 1.89 bits per heavy atom. The molecule has 2 aromatic rings. The second kappa shape index (κ2) is 8.92. The van der Waals surface area contributed by atoms with Gasteiger partial charge in [-0.1, -0.05) is 12.1 Å². The van der Waals surface area contributed by atoms with E-state index < -0.39 is 0 Å². The average molecular weight is 385 g/mol. The van der Waals surface area contributed by atoms with Gasteiger partial charge in [-0.05, 0) is 30.7 Å². The number of hydrogen-bond acceptors (Lipinski definition) is 6. The van der Waals surface area contributed by atoms with E-state index in [0.29, 0.717) is 18.7 Å². The van der Waals surface area contributed by atoms with Crippen LogP contribution >= 0.6 is 11.3 Å². The predicted molar refractivity (Wildman–Crippen MR) is 106 cm³/mol. The van der Waals surface area contributed by atoms with Crippen molar-refractivity contribution in [1.29, 1.82) is 0 Å². The van der Waals surface area contributed by atoms with Crippen LogP contribution in [0.5, 0.6) is 0 Å². The van der Waals surface area contributed by atoms with Crippen molar-refractivity contribution < 1.29 is 14.3 Å². The van der Waals surface area contributed by atoms with E-state index >= 15 is 0 Å². The van der Waals surface area contributed by atoms with E-state index in [4.69, 9.17) is 0 Å². The normalized spacial score (nSPS) is 15.3. The number of methoxy groups -OCH3 is 1. The maximum absolute atomic E-state index is 12.4. The average Bonchev–Trinajstić information content (AvgIpc) is 3.11. The van der Waals surface area contributed by atoms with Gasteiger partial charge < -0.3 is 9.64 Å². The zero-order valence-corrected chi connectivity index (χ0v) is 16.4. The number of thiazole rings is 1. The molecule has 1 aliphatic heterocycles. The first kappa shape index (κ1) is 19.3. The molecule has 1 aliphatic rings. The molecule has 0 radical (unpaired) electrons. The SMILES string of the molecule is COC(=O)c1ccc(/C=C\C(=O)N2CCN(Cc3csc(C)n3)CC2)cc1. The van der Waals surface area contributed by atoms with Crippen LogP contribution in [0.15, 0.2) is 35.7 Å². The Morgan fingerprint density at radius 3 is 2.48 bits per heavy atom. The first-order valence-electron chi connectivity index (χ1n) is 8.84. The lowest BCUT2D eigenvalue weighted by Crippen LogP contribution is -2.47. The van der Waals surface area contributed by atoms with Crippen molar-refractivity contribution in [3.05, 3.63) is 57.6 Å². The summed E-state index contributed by atoms with van der Waals surface area (Å²) in [5.74, 6) is -0.358. The molecule has 0 bridgehead atoms. The number of ether oxygens (including phenoxy) is 1. The zero-order chi connectivity index (χ0) is 19.2. The van der Waals surface area contributed by atoms with E-state index in [1.807, 2.05) is 11.8 Å². The smallest absolute Gasteiger partial charge is 0.337 e. The molecule has 3 rings (SSSR count). The first-order chi connectivity index (χ1) is 13.0. The molecule has 0 N–H and O–H groups in total. The molecule has 0 aliphatic carbocycles. The molecule has 1 aromatic carbocycles. The van der Waals surface area contributed by atoms with Crippen LogP contribution in [0.25, 0.3) is 6.08 Å². The van der Waals surface area contributed by atoms with E-state index in [0.717, 1.165) is 35.9 Å². The van der Waals surface area contributed by atoms with Crippen molar-refractivity contribution in [2.45, 2.75) is 13.5 Å². The van der Waals surface area contributed by atoms with Crippen molar-refractivity contribution in [3.8, 4) is 0 Å². The number of rotatable bonds is 5. The van der Waals surface area contributed by atoms with Crippen molar-refractivity contribution in [3.63, 3.8) is 0 Å². The molecule has 0 saturated carbocycles. The highest BCUT2D eigenvalue weighted by Crippen LogP contribution is 2.13. The van der Waals surface area contributed by atoms with Crippen LogP contribution in [0, 0.1) is 6.92 Å². The summed E-state index contributed by atoms with van der Waals surface area (Å²) >= 11 is 1.67. The van der Waals surface area contributed by atoms with Crippen LogP contribution < -0.4 is 0 Å². The molecule has 2 heterocycles. The fraction of sp³-hybridized carbons (Fsp3) is 0.350. The number of carbonyl (C=O) groups is 2. The number of benzene rings is 1. The number of hydrogen-bond donors (Lipinski definition) is 0. The van der Waals surface area contributed by atoms with E-state index in [9.17, 15) is 9.59 Å². The highest BCUT2D eigenvalue weighted by atomic mass is 32.1. The lowest BCUT2D eigenvalue weighted by Gasteiger charge is -2.33. The number of aromatic nitrogens is 1. The highest BCUT2D eigenvalue weighted by molar-refractivity contribution is 7.09. The molecule has 142 valence electrons. The van der Waals surface area contributed by atoms with Gasteiger partial charge in [0, 0.05) is 44.2 Å². The van der Waals surface area contributed by atoms with Crippen LogP contribution in [0.1, 0.15) is 26.6 Å². The number of amides is 1. The Bertz CT molecular complexity index is 821. The second-order valence-electron chi connectivity index (χ2n) is 6.41. The number of aryl methyl sites for hydroxylation is 1. The minimum Gasteiger partial charge on any atom is -0.465 e. The fourth-order valence-corrected chi connectivity index (χ4v) is 3.56. The monoisotopic (exact) mass is 385 g/mol. The molecule has 0 unspecified atom stereocenters. The van der Waals surface area contributed by atoms with E-state index in [2.05, 4.69) is 20.0 Å². The molecule has 1 saturated heterocycles. The number of esters is 1. The number of nitrogens with zero attached hydrogens (tertiary/aromatic N) is 3. The third kappa shape index (κ3) is 5.24. The first-order valence-corrected chi connectivity index (χ1v) is 9.72. The molecule has 1 amide bonds. The van der Waals surface area contributed by atoms with Crippen LogP contribution in [0.4, 0.5) is 0 Å². The van der Waals surface area contributed by atoms with Gasteiger partial charge in [0.15, 0.2) is 0 Å². The summed E-state index contributed by atoms with van der Waals surface area (Å²) in [4.78, 5) is 32.5. The Hall–Kier alpha value is -2.51. The molecule has 1 aromatic heterocycles. The summed E-state index contributed by atoms with van der Waals surface area (Å²) in [6.07, 6.45) is 3.36. The molecule has 6 nitrogen and oxygen atoms in total. The molecule has 0 atom stereocenters.